The first-order valence-electron chi connectivity index (χ1n) is 6.26. The zero-order valence-electron chi connectivity index (χ0n) is 11.1. The first kappa shape index (κ1) is 14.8. The molecule has 1 aliphatic heterocycles. The topological polar surface area (TPSA) is 36.4 Å². The molecule has 0 N–H and O–H groups in total. The van der Waals surface area contributed by atoms with Crippen LogP contribution in [0, 0.1) is 0 Å². The van der Waals surface area contributed by atoms with Crippen molar-refractivity contribution in [2.75, 3.05) is 27.2 Å². The third-order valence-electron chi connectivity index (χ3n) is 3.25. The number of likely N-dealkylation sites (N-methyl/N-ethyl adjacent to an activating group) is 1. The van der Waals surface area contributed by atoms with Crippen molar-refractivity contribution < 1.29 is 4.79 Å². The molecule has 1 unspecified atom stereocenters. The first-order chi connectivity index (χ1) is 8.99. The fourth-order valence-corrected chi connectivity index (χ4v) is 2.96. The number of amides is 1. The highest BCUT2D eigenvalue weighted by Crippen LogP contribution is 2.25. The summed E-state index contributed by atoms with van der Waals surface area (Å²) in [5.74, 6) is -0.0249. The molecule has 1 fully saturated rings. The zero-order chi connectivity index (χ0) is 14.0. The molecule has 0 aliphatic carbocycles. The van der Waals surface area contributed by atoms with Crippen molar-refractivity contribution >= 4 is 33.4 Å². The van der Waals surface area contributed by atoms with Gasteiger partial charge in [-0.25, -0.2) is 4.98 Å². The van der Waals surface area contributed by atoms with Gasteiger partial charge in [0, 0.05) is 29.8 Å². The van der Waals surface area contributed by atoms with E-state index in [-0.39, 0.29) is 17.1 Å². The van der Waals surface area contributed by atoms with E-state index in [9.17, 15) is 4.79 Å². The standard InChI is InChI=1S/C13H17BrClN3O/c1-17(2)8-10-4-3-5-18(10)13(19)11-6-9(14)7-16-12(11)15/h6-7,10H,3-5,8H2,1-2H3. The van der Waals surface area contributed by atoms with E-state index in [0.29, 0.717) is 5.56 Å². The molecule has 1 amide bonds. The van der Waals surface area contributed by atoms with Crippen LogP contribution in [0.1, 0.15) is 23.2 Å². The number of hydrogen-bond acceptors (Lipinski definition) is 3. The fourth-order valence-electron chi connectivity index (χ4n) is 2.44. The maximum Gasteiger partial charge on any atom is 0.257 e. The normalized spacial score (nSPS) is 19.2. The van der Waals surface area contributed by atoms with Gasteiger partial charge in [-0.15, -0.1) is 0 Å². The van der Waals surface area contributed by atoms with E-state index in [1.54, 1.807) is 12.3 Å². The summed E-state index contributed by atoms with van der Waals surface area (Å²) >= 11 is 9.36. The summed E-state index contributed by atoms with van der Waals surface area (Å²) in [6.45, 7) is 1.67. The highest BCUT2D eigenvalue weighted by molar-refractivity contribution is 9.10. The van der Waals surface area contributed by atoms with Gasteiger partial charge in [0.2, 0.25) is 0 Å². The number of carbonyl (C=O) groups excluding carboxylic acids is 1. The minimum Gasteiger partial charge on any atom is -0.334 e. The van der Waals surface area contributed by atoms with Crippen molar-refractivity contribution in [3.63, 3.8) is 0 Å². The van der Waals surface area contributed by atoms with Gasteiger partial charge in [-0.2, -0.15) is 0 Å². The molecular formula is C13H17BrClN3O. The van der Waals surface area contributed by atoms with Gasteiger partial charge in [-0.1, -0.05) is 11.6 Å². The van der Waals surface area contributed by atoms with Crippen LogP contribution in [0.4, 0.5) is 0 Å². The van der Waals surface area contributed by atoms with Crippen LogP contribution in [-0.2, 0) is 0 Å². The van der Waals surface area contributed by atoms with Gasteiger partial charge in [0.15, 0.2) is 0 Å². The summed E-state index contributed by atoms with van der Waals surface area (Å²) in [4.78, 5) is 20.6. The molecule has 6 heteroatoms. The van der Waals surface area contributed by atoms with Crippen LogP contribution in [0.2, 0.25) is 5.15 Å². The van der Waals surface area contributed by atoms with Crippen LogP contribution in [0.25, 0.3) is 0 Å². The second-order valence-electron chi connectivity index (χ2n) is 5.05. The van der Waals surface area contributed by atoms with Crippen molar-refractivity contribution in [1.29, 1.82) is 0 Å². The van der Waals surface area contributed by atoms with E-state index in [2.05, 4.69) is 25.8 Å². The highest BCUT2D eigenvalue weighted by Gasteiger charge is 2.30. The average Bonchev–Trinajstić information content (AvgIpc) is 2.78. The van der Waals surface area contributed by atoms with Crippen molar-refractivity contribution in [1.82, 2.24) is 14.8 Å². The predicted octanol–water partition coefficient (Wildman–Crippen LogP) is 2.66. The SMILES string of the molecule is CN(C)CC1CCCN1C(=O)c1cc(Br)cnc1Cl. The first-order valence-corrected chi connectivity index (χ1v) is 7.43. The molecule has 4 nitrogen and oxygen atoms in total. The number of carbonyl (C=O) groups is 1. The Kier molecular flexibility index (Phi) is 4.81. The number of halogens is 2. The van der Waals surface area contributed by atoms with Gasteiger partial charge in [0.1, 0.15) is 5.15 Å². The maximum atomic E-state index is 12.6. The number of hydrogen-bond donors (Lipinski definition) is 0. The summed E-state index contributed by atoms with van der Waals surface area (Å²) in [7, 11) is 4.04. The molecule has 19 heavy (non-hydrogen) atoms. The predicted molar refractivity (Wildman–Crippen MR) is 79.6 cm³/mol. The van der Waals surface area contributed by atoms with Crippen molar-refractivity contribution in [3.8, 4) is 0 Å². The minimum absolute atomic E-state index is 0.0249. The third-order valence-corrected chi connectivity index (χ3v) is 3.98. The van der Waals surface area contributed by atoms with Crippen LogP contribution in [0.5, 0.6) is 0 Å². The van der Waals surface area contributed by atoms with Crippen LogP contribution in [0.15, 0.2) is 16.7 Å². The van der Waals surface area contributed by atoms with E-state index in [0.717, 1.165) is 30.4 Å². The Morgan fingerprint density at radius 3 is 3.05 bits per heavy atom. The molecule has 0 radical (unpaired) electrons. The summed E-state index contributed by atoms with van der Waals surface area (Å²) in [6.07, 6.45) is 3.69. The quantitative estimate of drug-likeness (QED) is 0.790. The van der Waals surface area contributed by atoms with E-state index in [4.69, 9.17) is 11.6 Å². The molecule has 1 aromatic rings. The van der Waals surface area contributed by atoms with Gasteiger partial charge in [0.25, 0.3) is 5.91 Å². The smallest absolute Gasteiger partial charge is 0.257 e. The number of pyridine rings is 1. The van der Waals surface area contributed by atoms with Crippen molar-refractivity contribution in [3.05, 3.63) is 27.5 Å². The zero-order valence-corrected chi connectivity index (χ0v) is 13.4. The molecule has 0 saturated carbocycles. The highest BCUT2D eigenvalue weighted by atomic mass is 79.9. The van der Waals surface area contributed by atoms with Crippen LogP contribution >= 0.6 is 27.5 Å². The molecule has 0 aromatic carbocycles. The summed E-state index contributed by atoms with van der Waals surface area (Å²) in [5.41, 5.74) is 0.474. The molecule has 104 valence electrons. The summed E-state index contributed by atoms with van der Waals surface area (Å²) in [5, 5.41) is 0.267. The molecular weight excluding hydrogens is 330 g/mol. The average molecular weight is 347 g/mol. The van der Waals surface area contributed by atoms with E-state index in [1.165, 1.54) is 0 Å². The Labute approximate surface area is 126 Å². The molecule has 0 spiro atoms. The molecule has 1 atom stereocenters. The van der Waals surface area contributed by atoms with Gasteiger partial charge in [-0.05, 0) is 48.9 Å². The Morgan fingerprint density at radius 1 is 1.63 bits per heavy atom. The summed E-state index contributed by atoms with van der Waals surface area (Å²) in [6, 6.07) is 2.00. The van der Waals surface area contributed by atoms with Gasteiger partial charge in [0.05, 0.1) is 5.56 Å². The minimum atomic E-state index is -0.0249. The number of rotatable bonds is 3. The monoisotopic (exact) mass is 345 g/mol. The third kappa shape index (κ3) is 3.46. The van der Waals surface area contributed by atoms with E-state index >= 15 is 0 Å². The van der Waals surface area contributed by atoms with Crippen LogP contribution in [0.3, 0.4) is 0 Å². The lowest BCUT2D eigenvalue weighted by molar-refractivity contribution is 0.0716. The maximum absolute atomic E-state index is 12.6. The lowest BCUT2D eigenvalue weighted by atomic mass is 10.2. The molecule has 1 aromatic heterocycles. The van der Waals surface area contributed by atoms with Crippen LogP contribution in [-0.4, -0.2) is 53.9 Å². The molecule has 1 aliphatic rings. The van der Waals surface area contributed by atoms with E-state index < -0.39 is 0 Å². The Morgan fingerprint density at radius 2 is 2.37 bits per heavy atom. The van der Waals surface area contributed by atoms with Gasteiger partial charge >= 0.3 is 0 Å². The second-order valence-corrected chi connectivity index (χ2v) is 6.32. The molecule has 1 saturated heterocycles. The largest absolute Gasteiger partial charge is 0.334 e. The van der Waals surface area contributed by atoms with Gasteiger partial charge < -0.3 is 9.80 Å². The van der Waals surface area contributed by atoms with Crippen molar-refractivity contribution in [2.24, 2.45) is 0 Å². The number of aromatic nitrogens is 1. The number of likely N-dealkylation sites (tertiary alicyclic amines) is 1. The Balaban J connectivity index is 2.20. The lowest BCUT2D eigenvalue weighted by Crippen LogP contribution is -2.41. The summed E-state index contributed by atoms with van der Waals surface area (Å²) < 4.78 is 0.767. The second kappa shape index (κ2) is 6.20. The number of nitrogens with zero attached hydrogens (tertiary/aromatic N) is 3. The Hall–Kier alpha value is -0.650. The Bertz CT molecular complexity index is 481. The molecule has 2 heterocycles. The fraction of sp³-hybridized carbons (Fsp3) is 0.538. The molecule has 0 bridgehead atoms. The van der Waals surface area contributed by atoms with E-state index in [1.807, 2.05) is 19.0 Å². The van der Waals surface area contributed by atoms with Crippen LogP contribution < -0.4 is 0 Å². The van der Waals surface area contributed by atoms with Gasteiger partial charge in [-0.3, -0.25) is 4.79 Å². The molecule has 2 rings (SSSR count). The lowest BCUT2D eigenvalue weighted by Gasteiger charge is -2.27. The van der Waals surface area contributed by atoms with Crippen molar-refractivity contribution in [2.45, 2.75) is 18.9 Å².